The van der Waals surface area contributed by atoms with Gasteiger partial charge >= 0.3 is 5.97 Å². The molecule has 36 heavy (non-hydrogen) atoms. The van der Waals surface area contributed by atoms with Gasteiger partial charge in [0.1, 0.15) is 23.7 Å². The van der Waals surface area contributed by atoms with Crippen LogP contribution in [0.3, 0.4) is 0 Å². The third-order valence-corrected chi connectivity index (χ3v) is 6.63. The molecule has 7 heteroatoms. The summed E-state index contributed by atoms with van der Waals surface area (Å²) in [5.41, 5.74) is 0.225. The molecule has 1 aliphatic heterocycles. The average molecular weight is 498 g/mol. The maximum absolute atomic E-state index is 13.6. The predicted molar refractivity (Wildman–Crippen MR) is 139 cm³/mol. The highest BCUT2D eigenvalue weighted by Gasteiger charge is 2.43. The zero-order chi connectivity index (χ0) is 26.3. The van der Waals surface area contributed by atoms with Gasteiger partial charge in [0.15, 0.2) is 0 Å². The Morgan fingerprint density at radius 3 is 2.39 bits per heavy atom. The standard InChI is InChI=1S/C29H39NO6/c1-28(2,19-29(3,4)27(32)34-6)25-26(31)30-22-11-7-8-13-24(22)36-23(12-9-10-18-35-25)20-14-16-21(33-5)17-15-20/h7-8,11,13-17,23,25H,9-10,12,18-19H2,1-6H3,(H,30,31). The summed E-state index contributed by atoms with van der Waals surface area (Å²) in [5.74, 6) is 0.807. The molecule has 0 saturated carbocycles. The summed E-state index contributed by atoms with van der Waals surface area (Å²) in [5, 5.41) is 3.03. The molecule has 0 spiro atoms. The number of hydrogen-bond donors (Lipinski definition) is 1. The fourth-order valence-electron chi connectivity index (χ4n) is 5.01. The summed E-state index contributed by atoms with van der Waals surface area (Å²) in [4.78, 5) is 25.9. The van der Waals surface area contributed by atoms with Crippen molar-refractivity contribution < 1.29 is 28.5 Å². The lowest BCUT2D eigenvalue weighted by molar-refractivity contribution is -0.156. The molecule has 2 unspecified atom stereocenters. The first-order chi connectivity index (χ1) is 17.1. The van der Waals surface area contributed by atoms with Crippen LogP contribution in [0.1, 0.15) is 65.0 Å². The highest BCUT2D eigenvalue weighted by atomic mass is 16.5. The Kier molecular flexibility index (Phi) is 9.01. The van der Waals surface area contributed by atoms with Crippen molar-refractivity contribution in [3.8, 4) is 11.5 Å². The maximum Gasteiger partial charge on any atom is 0.311 e. The van der Waals surface area contributed by atoms with E-state index in [0.717, 1.165) is 30.6 Å². The minimum Gasteiger partial charge on any atom is -0.497 e. The number of hydrogen-bond acceptors (Lipinski definition) is 6. The van der Waals surface area contributed by atoms with E-state index in [1.54, 1.807) is 7.11 Å². The molecule has 2 aromatic carbocycles. The zero-order valence-electron chi connectivity index (χ0n) is 22.3. The van der Waals surface area contributed by atoms with E-state index < -0.39 is 16.9 Å². The Labute approximate surface area is 214 Å². The number of carbonyl (C=O) groups is 2. The van der Waals surface area contributed by atoms with Gasteiger partial charge in [-0.3, -0.25) is 9.59 Å². The lowest BCUT2D eigenvalue weighted by Gasteiger charge is -2.38. The lowest BCUT2D eigenvalue weighted by Crippen LogP contribution is -2.46. The minimum atomic E-state index is -0.766. The Morgan fingerprint density at radius 2 is 1.72 bits per heavy atom. The molecule has 1 N–H and O–H groups in total. The summed E-state index contributed by atoms with van der Waals surface area (Å²) in [7, 11) is 3.03. The van der Waals surface area contributed by atoms with Crippen molar-refractivity contribution in [3.63, 3.8) is 0 Å². The van der Waals surface area contributed by atoms with Crippen LogP contribution in [0.5, 0.6) is 11.5 Å². The summed E-state index contributed by atoms with van der Waals surface area (Å²) in [6.45, 7) is 8.00. The van der Waals surface area contributed by atoms with Gasteiger partial charge in [-0.2, -0.15) is 0 Å². The van der Waals surface area contributed by atoms with E-state index in [2.05, 4.69) is 5.32 Å². The first-order valence-corrected chi connectivity index (χ1v) is 12.5. The Morgan fingerprint density at radius 1 is 1.03 bits per heavy atom. The molecule has 7 nitrogen and oxygen atoms in total. The van der Waals surface area contributed by atoms with Crippen molar-refractivity contribution in [1.29, 1.82) is 0 Å². The molecule has 0 aliphatic carbocycles. The molecule has 0 radical (unpaired) electrons. The van der Waals surface area contributed by atoms with Crippen LogP contribution < -0.4 is 14.8 Å². The number of anilines is 1. The predicted octanol–water partition coefficient (Wildman–Crippen LogP) is 5.94. The van der Waals surface area contributed by atoms with E-state index in [1.807, 2.05) is 76.2 Å². The van der Waals surface area contributed by atoms with Gasteiger partial charge in [0.05, 0.1) is 25.3 Å². The molecule has 196 valence electrons. The number of para-hydroxylation sites is 2. The van der Waals surface area contributed by atoms with Gasteiger partial charge in [0, 0.05) is 12.0 Å². The van der Waals surface area contributed by atoms with Crippen LogP contribution in [0.4, 0.5) is 5.69 Å². The lowest BCUT2D eigenvalue weighted by atomic mass is 9.71. The highest BCUT2D eigenvalue weighted by molar-refractivity contribution is 5.96. The third-order valence-electron chi connectivity index (χ3n) is 6.63. The van der Waals surface area contributed by atoms with Crippen LogP contribution in [0.25, 0.3) is 0 Å². The molecule has 0 saturated heterocycles. The molecule has 3 rings (SSSR count). The van der Waals surface area contributed by atoms with Crippen molar-refractivity contribution in [1.82, 2.24) is 0 Å². The molecule has 0 fully saturated rings. The molecule has 0 bridgehead atoms. The Balaban J connectivity index is 1.88. The van der Waals surface area contributed by atoms with Crippen molar-refractivity contribution in [2.24, 2.45) is 10.8 Å². The van der Waals surface area contributed by atoms with E-state index >= 15 is 0 Å². The number of carbonyl (C=O) groups excluding carboxylic acids is 2. The molecule has 1 heterocycles. The summed E-state index contributed by atoms with van der Waals surface area (Å²) in [6.07, 6.45) is 1.91. The van der Waals surface area contributed by atoms with E-state index in [0.29, 0.717) is 24.5 Å². The molecule has 1 amide bonds. The van der Waals surface area contributed by atoms with Crippen molar-refractivity contribution >= 4 is 17.6 Å². The van der Waals surface area contributed by atoms with Crippen LogP contribution >= 0.6 is 0 Å². The van der Waals surface area contributed by atoms with Gasteiger partial charge in [-0.1, -0.05) is 38.1 Å². The summed E-state index contributed by atoms with van der Waals surface area (Å²) < 4.78 is 23.0. The van der Waals surface area contributed by atoms with Crippen molar-refractivity contribution in [3.05, 3.63) is 54.1 Å². The fourth-order valence-corrected chi connectivity index (χ4v) is 5.01. The van der Waals surface area contributed by atoms with Gasteiger partial charge in [-0.05, 0) is 69.4 Å². The van der Waals surface area contributed by atoms with Crippen molar-refractivity contribution in [2.75, 3.05) is 26.1 Å². The third kappa shape index (κ3) is 6.78. The molecular formula is C29H39NO6. The van der Waals surface area contributed by atoms with Crippen LogP contribution in [0, 0.1) is 10.8 Å². The number of amides is 1. The van der Waals surface area contributed by atoms with Gasteiger partial charge in [-0.25, -0.2) is 0 Å². The number of ether oxygens (including phenoxy) is 4. The number of benzene rings is 2. The smallest absolute Gasteiger partial charge is 0.311 e. The molecular weight excluding hydrogens is 458 g/mol. The van der Waals surface area contributed by atoms with Crippen LogP contribution in [-0.4, -0.2) is 38.8 Å². The number of methoxy groups -OCH3 is 2. The van der Waals surface area contributed by atoms with Gasteiger partial charge in [0.25, 0.3) is 5.91 Å². The summed E-state index contributed by atoms with van der Waals surface area (Å²) >= 11 is 0. The van der Waals surface area contributed by atoms with Gasteiger partial charge in [0.2, 0.25) is 0 Å². The van der Waals surface area contributed by atoms with Gasteiger partial charge < -0.3 is 24.3 Å². The maximum atomic E-state index is 13.6. The molecule has 2 aromatic rings. The second-order valence-electron chi connectivity index (χ2n) is 10.7. The first-order valence-electron chi connectivity index (χ1n) is 12.5. The highest BCUT2D eigenvalue weighted by Crippen LogP contribution is 2.40. The van der Waals surface area contributed by atoms with Gasteiger partial charge in [-0.15, -0.1) is 0 Å². The number of esters is 1. The average Bonchev–Trinajstić information content (AvgIpc) is 2.84. The molecule has 0 aromatic heterocycles. The number of fused-ring (bicyclic) bond motifs is 1. The number of nitrogens with one attached hydrogen (secondary N) is 1. The first kappa shape index (κ1) is 27.5. The van der Waals surface area contributed by atoms with E-state index in [4.69, 9.17) is 18.9 Å². The summed E-state index contributed by atoms with van der Waals surface area (Å²) in [6, 6.07) is 15.3. The Bertz CT molecular complexity index is 1030. The molecule has 1 aliphatic rings. The van der Waals surface area contributed by atoms with E-state index in [1.165, 1.54) is 7.11 Å². The monoisotopic (exact) mass is 497 g/mol. The second-order valence-corrected chi connectivity index (χ2v) is 10.7. The van der Waals surface area contributed by atoms with Crippen LogP contribution in [-0.2, 0) is 19.1 Å². The SMILES string of the molecule is COC(=O)C(C)(C)CC(C)(C)C1OCCCCC(c2ccc(OC)cc2)Oc2ccccc2NC1=O. The quantitative estimate of drug-likeness (QED) is 0.498. The number of rotatable bonds is 6. The van der Waals surface area contributed by atoms with E-state index in [-0.39, 0.29) is 18.0 Å². The zero-order valence-corrected chi connectivity index (χ0v) is 22.3. The van der Waals surface area contributed by atoms with Crippen LogP contribution in [0.15, 0.2) is 48.5 Å². The fraction of sp³-hybridized carbons (Fsp3) is 0.517. The molecule has 2 atom stereocenters. The normalized spacial score (nSPS) is 19.6. The van der Waals surface area contributed by atoms with Crippen LogP contribution in [0.2, 0.25) is 0 Å². The topological polar surface area (TPSA) is 83.1 Å². The van der Waals surface area contributed by atoms with Crippen molar-refractivity contribution in [2.45, 2.75) is 65.6 Å². The largest absolute Gasteiger partial charge is 0.497 e. The van der Waals surface area contributed by atoms with E-state index in [9.17, 15) is 9.59 Å². The second kappa shape index (κ2) is 11.8. The minimum absolute atomic E-state index is 0.179. The Hall–Kier alpha value is -3.06.